The van der Waals surface area contributed by atoms with Crippen molar-refractivity contribution in [2.24, 2.45) is 0 Å². The monoisotopic (exact) mass is 376 g/mol. The largest absolute Gasteiger partial charge is 0.490 e. The lowest BCUT2D eigenvalue weighted by Crippen LogP contribution is -2.03. The fraction of sp³-hybridized carbons (Fsp3) is 0.625. The minimum Gasteiger partial charge on any atom is -0.490 e. The Hall–Kier alpha value is -0.450. The molecule has 2 nitrogen and oxygen atoms in total. The van der Waals surface area contributed by atoms with E-state index in [4.69, 9.17) is 9.47 Å². The molecule has 0 heterocycles. The average molecular weight is 376 g/mol. The highest BCUT2D eigenvalue weighted by molar-refractivity contribution is 14.1. The first kappa shape index (κ1) is 16.6. The lowest BCUT2D eigenvalue weighted by Gasteiger charge is -2.14. The molecular formula is C16H25IO2. The molecule has 108 valence electrons. The highest BCUT2D eigenvalue weighted by Crippen LogP contribution is 2.32. The fourth-order valence-corrected chi connectivity index (χ4v) is 2.43. The van der Waals surface area contributed by atoms with Gasteiger partial charge in [-0.05, 0) is 47.6 Å². The summed E-state index contributed by atoms with van der Waals surface area (Å²) in [5.74, 6) is 1.80. The van der Waals surface area contributed by atoms with Crippen molar-refractivity contribution in [1.82, 2.24) is 0 Å². The highest BCUT2D eigenvalue weighted by atomic mass is 127. The molecule has 0 N–H and O–H groups in total. The summed E-state index contributed by atoms with van der Waals surface area (Å²) in [6, 6.07) is 6.09. The van der Waals surface area contributed by atoms with Crippen LogP contribution in [0.1, 0.15) is 52.4 Å². The number of ether oxygens (including phenoxy) is 2. The quantitative estimate of drug-likeness (QED) is 0.401. The van der Waals surface area contributed by atoms with Gasteiger partial charge in [-0.1, -0.05) is 45.6 Å². The van der Waals surface area contributed by atoms with E-state index >= 15 is 0 Å². The van der Waals surface area contributed by atoms with Crippen molar-refractivity contribution in [3.8, 4) is 11.5 Å². The van der Waals surface area contributed by atoms with Gasteiger partial charge in [-0.25, -0.2) is 0 Å². The molecule has 1 aromatic carbocycles. The molecule has 0 bridgehead atoms. The van der Waals surface area contributed by atoms with E-state index in [0.717, 1.165) is 41.1 Å². The zero-order chi connectivity index (χ0) is 13.9. The summed E-state index contributed by atoms with van der Waals surface area (Å²) in [5.41, 5.74) is 0. The van der Waals surface area contributed by atoms with Crippen LogP contribution in [0.2, 0.25) is 0 Å². The Morgan fingerprint density at radius 3 is 2.16 bits per heavy atom. The van der Waals surface area contributed by atoms with Crippen molar-refractivity contribution in [2.75, 3.05) is 13.2 Å². The van der Waals surface area contributed by atoms with Gasteiger partial charge in [0.2, 0.25) is 0 Å². The molecule has 0 unspecified atom stereocenters. The van der Waals surface area contributed by atoms with Crippen LogP contribution >= 0.6 is 22.6 Å². The van der Waals surface area contributed by atoms with Gasteiger partial charge in [0.05, 0.1) is 16.8 Å². The summed E-state index contributed by atoms with van der Waals surface area (Å²) in [7, 11) is 0. The van der Waals surface area contributed by atoms with Gasteiger partial charge in [-0.3, -0.25) is 0 Å². The Balaban J connectivity index is 2.51. The van der Waals surface area contributed by atoms with Crippen molar-refractivity contribution in [3.05, 3.63) is 21.8 Å². The minimum absolute atomic E-state index is 0.777. The predicted molar refractivity (Wildman–Crippen MR) is 89.2 cm³/mol. The maximum Gasteiger partial charge on any atom is 0.174 e. The molecule has 19 heavy (non-hydrogen) atoms. The second-order valence-corrected chi connectivity index (χ2v) is 5.84. The van der Waals surface area contributed by atoms with E-state index in [1.54, 1.807) is 0 Å². The van der Waals surface area contributed by atoms with E-state index in [-0.39, 0.29) is 0 Å². The molecule has 0 saturated heterocycles. The van der Waals surface area contributed by atoms with E-state index in [1.165, 1.54) is 25.7 Å². The third-order valence-electron chi connectivity index (χ3n) is 2.93. The van der Waals surface area contributed by atoms with Crippen LogP contribution in [0, 0.1) is 3.57 Å². The molecule has 0 fully saturated rings. The van der Waals surface area contributed by atoms with Crippen LogP contribution in [0.3, 0.4) is 0 Å². The number of unbranched alkanes of at least 4 members (excludes halogenated alkanes) is 4. The first-order valence-corrected chi connectivity index (χ1v) is 8.41. The predicted octanol–water partition coefficient (Wildman–Crippen LogP) is 5.43. The third kappa shape index (κ3) is 6.50. The molecule has 0 aliphatic rings. The zero-order valence-electron chi connectivity index (χ0n) is 12.1. The second-order valence-electron chi connectivity index (χ2n) is 4.68. The normalized spacial score (nSPS) is 10.5. The average Bonchev–Trinajstić information content (AvgIpc) is 2.42. The molecule has 0 spiro atoms. The standard InChI is InChI=1S/C16H25IO2/c1-3-5-7-12-18-15-11-9-10-14(17)16(15)19-13-8-6-4-2/h9-11H,3-8,12-13H2,1-2H3. The molecular weight excluding hydrogens is 351 g/mol. The minimum atomic E-state index is 0.777. The Labute approximate surface area is 131 Å². The number of hydrogen-bond acceptors (Lipinski definition) is 2. The number of para-hydroxylation sites is 1. The first-order valence-electron chi connectivity index (χ1n) is 7.33. The Morgan fingerprint density at radius 1 is 0.895 bits per heavy atom. The molecule has 0 aliphatic heterocycles. The fourth-order valence-electron chi connectivity index (χ4n) is 1.80. The van der Waals surface area contributed by atoms with Crippen LogP contribution in [0.4, 0.5) is 0 Å². The van der Waals surface area contributed by atoms with Gasteiger partial charge < -0.3 is 9.47 Å². The van der Waals surface area contributed by atoms with E-state index in [1.807, 2.05) is 12.1 Å². The number of benzene rings is 1. The number of hydrogen-bond donors (Lipinski definition) is 0. The maximum absolute atomic E-state index is 5.89. The van der Waals surface area contributed by atoms with Gasteiger partial charge in [0.1, 0.15) is 0 Å². The molecule has 1 aromatic rings. The lowest BCUT2D eigenvalue weighted by molar-refractivity contribution is 0.258. The van der Waals surface area contributed by atoms with Crippen molar-refractivity contribution in [3.63, 3.8) is 0 Å². The van der Waals surface area contributed by atoms with Gasteiger partial charge >= 0.3 is 0 Å². The molecule has 0 aromatic heterocycles. The Morgan fingerprint density at radius 2 is 1.53 bits per heavy atom. The SMILES string of the molecule is CCCCCOc1cccc(I)c1OCCCCC. The molecule has 1 rings (SSSR count). The first-order chi connectivity index (χ1) is 9.29. The van der Waals surface area contributed by atoms with Crippen LogP contribution in [-0.2, 0) is 0 Å². The summed E-state index contributed by atoms with van der Waals surface area (Å²) < 4.78 is 12.9. The summed E-state index contributed by atoms with van der Waals surface area (Å²) in [6.07, 6.45) is 7.09. The van der Waals surface area contributed by atoms with Gasteiger partial charge in [0, 0.05) is 0 Å². The summed E-state index contributed by atoms with van der Waals surface area (Å²) in [5, 5.41) is 0. The maximum atomic E-state index is 5.89. The smallest absolute Gasteiger partial charge is 0.174 e. The van der Waals surface area contributed by atoms with Crippen LogP contribution in [-0.4, -0.2) is 13.2 Å². The number of rotatable bonds is 10. The number of halogens is 1. The summed E-state index contributed by atoms with van der Waals surface area (Å²) in [6.45, 7) is 5.96. The van der Waals surface area contributed by atoms with Crippen LogP contribution in [0.15, 0.2) is 18.2 Å². The van der Waals surface area contributed by atoms with Crippen LogP contribution in [0.25, 0.3) is 0 Å². The van der Waals surface area contributed by atoms with Gasteiger partial charge in [0.15, 0.2) is 11.5 Å². The van der Waals surface area contributed by atoms with E-state index in [9.17, 15) is 0 Å². The summed E-state index contributed by atoms with van der Waals surface area (Å²) in [4.78, 5) is 0. The molecule has 0 saturated carbocycles. The van der Waals surface area contributed by atoms with Crippen molar-refractivity contribution >= 4 is 22.6 Å². The molecule has 0 radical (unpaired) electrons. The Kier molecular flexibility index (Phi) is 9.05. The highest BCUT2D eigenvalue weighted by Gasteiger charge is 2.09. The zero-order valence-corrected chi connectivity index (χ0v) is 14.2. The van der Waals surface area contributed by atoms with Crippen LogP contribution in [0.5, 0.6) is 11.5 Å². The second kappa shape index (κ2) is 10.4. The molecule has 0 aliphatic carbocycles. The lowest BCUT2D eigenvalue weighted by atomic mass is 10.2. The summed E-state index contributed by atoms with van der Waals surface area (Å²) >= 11 is 2.31. The molecule has 0 amide bonds. The van der Waals surface area contributed by atoms with E-state index in [2.05, 4.69) is 42.5 Å². The van der Waals surface area contributed by atoms with Gasteiger partial charge in [-0.2, -0.15) is 0 Å². The van der Waals surface area contributed by atoms with Gasteiger partial charge in [-0.15, -0.1) is 0 Å². The van der Waals surface area contributed by atoms with Crippen molar-refractivity contribution < 1.29 is 9.47 Å². The van der Waals surface area contributed by atoms with Gasteiger partial charge in [0.25, 0.3) is 0 Å². The van der Waals surface area contributed by atoms with Crippen molar-refractivity contribution in [2.45, 2.75) is 52.4 Å². The third-order valence-corrected chi connectivity index (χ3v) is 3.78. The molecule has 3 heteroatoms. The Bertz CT molecular complexity index is 353. The van der Waals surface area contributed by atoms with E-state index in [0.29, 0.717) is 0 Å². The topological polar surface area (TPSA) is 18.5 Å². The van der Waals surface area contributed by atoms with Crippen LogP contribution < -0.4 is 9.47 Å². The van der Waals surface area contributed by atoms with E-state index < -0.39 is 0 Å². The van der Waals surface area contributed by atoms with Crippen molar-refractivity contribution in [1.29, 1.82) is 0 Å². The molecule has 0 atom stereocenters.